The van der Waals surface area contributed by atoms with Gasteiger partial charge in [0, 0.05) is 18.2 Å². The molecule has 0 unspecified atom stereocenters. The predicted molar refractivity (Wildman–Crippen MR) is 66.4 cm³/mol. The summed E-state index contributed by atoms with van der Waals surface area (Å²) in [5.41, 5.74) is 0.194. The van der Waals surface area contributed by atoms with E-state index in [0.717, 1.165) is 38.9 Å². The van der Waals surface area contributed by atoms with Crippen molar-refractivity contribution in [3.8, 4) is 0 Å². The Bertz CT molecular complexity index is 299. The quantitative estimate of drug-likeness (QED) is 0.876. The summed E-state index contributed by atoms with van der Waals surface area (Å²) in [4.78, 5) is 6.76. The fraction of sp³-hybridized carbons (Fsp3) is 0.750. The minimum atomic E-state index is 0.194. The van der Waals surface area contributed by atoms with Crippen molar-refractivity contribution in [3.05, 3.63) is 16.6 Å². The third-order valence-corrected chi connectivity index (χ3v) is 4.61. The van der Waals surface area contributed by atoms with Crippen LogP contribution in [0.5, 0.6) is 0 Å². The van der Waals surface area contributed by atoms with E-state index >= 15 is 0 Å². The van der Waals surface area contributed by atoms with Gasteiger partial charge in [-0.25, -0.2) is 4.98 Å². The van der Waals surface area contributed by atoms with Crippen LogP contribution < -0.4 is 0 Å². The lowest BCUT2D eigenvalue weighted by Gasteiger charge is -2.39. The van der Waals surface area contributed by atoms with Gasteiger partial charge in [-0.15, -0.1) is 11.3 Å². The molecule has 1 fully saturated rings. The summed E-state index contributed by atoms with van der Waals surface area (Å²) in [6.45, 7) is 5.69. The second kappa shape index (κ2) is 5.25. The van der Waals surface area contributed by atoms with Gasteiger partial charge in [0.15, 0.2) is 0 Å². The Kier molecular flexibility index (Phi) is 3.95. The Morgan fingerprint density at radius 2 is 2.25 bits per heavy atom. The fourth-order valence-corrected chi connectivity index (χ4v) is 2.99. The molecule has 4 heteroatoms. The van der Waals surface area contributed by atoms with E-state index in [9.17, 15) is 5.11 Å². The largest absolute Gasteiger partial charge is 0.396 e. The number of piperidine rings is 1. The minimum absolute atomic E-state index is 0.194. The molecule has 1 saturated heterocycles. The maximum atomic E-state index is 9.46. The Balaban J connectivity index is 1.85. The number of aromatic nitrogens is 1. The lowest BCUT2D eigenvalue weighted by Crippen LogP contribution is -2.41. The topological polar surface area (TPSA) is 36.4 Å². The first-order chi connectivity index (χ1) is 7.78. The number of aliphatic hydroxyl groups excluding tert-OH is 1. The van der Waals surface area contributed by atoms with Crippen molar-refractivity contribution in [1.29, 1.82) is 0 Å². The van der Waals surface area contributed by atoms with Crippen LogP contribution in [0.1, 0.15) is 31.2 Å². The first kappa shape index (κ1) is 12.0. The highest BCUT2D eigenvalue weighted by atomic mass is 32.1. The van der Waals surface area contributed by atoms with Gasteiger partial charge in [-0.3, -0.25) is 4.90 Å². The van der Waals surface area contributed by atoms with Gasteiger partial charge in [0.2, 0.25) is 0 Å². The van der Waals surface area contributed by atoms with Gasteiger partial charge in [0.25, 0.3) is 0 Å². The zero-order valence-corrected chi connectivity index (χ0v) is 10.7. The van der Waals surface area contributed by atoms with Crippen molar-refractivity contribution >= 4 is 11.3 Å². The molecule has 0 radical (unpaired) electrons. The number of aliphatic hydroxyl groups is 1. The van der Waals surface area contributed by atoms with Crippen molar-refractivity contribution in [2.24, 2.45) is 5.41 Å². The summed E-state index contributed by atoms with van der Waals surface area (Å²) >= 11 is 1.73. The number of thiazole rings is 1. The highest BCUT2D eigenvalue weighted by Gasteiger charge is 2.32. The van der Waals surface area contributed by atoms with Crippen LogP contribution in [0.4, 0.5) is 0 Å². The molecule has 2 rings (SSSR count). The molecule has 0 amide bonds. The monoisotopic (exact) mass is 240 g/mol. The van der Waals surface area contributed by atoms with Crippen molar-refractivity contribution in [3.63, 3.8) is 0 Å². The average Bonchev–Trinajstić information content (AvgIpc) is 2.83. The van der Waals surface area contributed by atoms with Gasteiger partial charge in [-0.1, -0.05) is 6.92 Å². The van der Waals surface area contributed by atoms with Crippen molar-refractivity contribution < 1.29 is 5.11 Å². The first-order valence-electron chi connectivity index (χ1n) is 5.99. The summed E-state index contributed by atoms with van der Waals surface area (Å²) in [5, 5.41) is 12.7. The summed E-state index contributed by atoms with van der Waals surface area (Å²) in [7, 11) is 0. The van der Waals surface area contributed by atoms with Crippen LogP contribution in [-0.2, 0) is 6.54 Å². The second-order valence-electron chi connectivity index (χ2n) is 4.71. The Labute approximate surface area is 101 Å². The first-order valence-corrected chi connectivity index (χ1v) is 6.87. The summed E-state index contributed by atoms with van der Waals surface area (Å²) in [5.74, 6) is 0. The Morgan fingerprint density at radius 3 is 2.75 bits per heavy atom. The molecule has 2 heterocycles. The number of likely N-dealkylation sites (tertiary alicyclic amines) is 1. The van der Waals surface area contributed by atoms with Crippen LogP contribution in [0.2, 0.25) is 0 Å². The van der Waals surface area contributed by atoms with Crippen molar-refractivity contribution in [2.75, 3.05) is 19.7 Å². The van der Waals surface area contributed by atoms with Gasteiger partial charge in [0.1, 0.15) is 5.01 Å². The van der Waals surface area contributed by atoms with Crippen LogP contribution >= 0.6 is 11.3 Å². The van der Waals surface area contributed by atoms with E-state index in [0.29, 0.717) is 6.61 Å². The third-order valence-electron chi connectivity index (χ3n) is 3.84. The maximum absolute atomic E-state index is 9.46. The Hall–Kier alpha value is -0.450. The standard InChI is InChI=1S/C12H20N2OS/c1-2-12(10-15)3-6-14(7-4-12)9-11-13-5-8-16-11/h5,8,15H,2-4,6-7,9-10H2,1H3. The van der Waals surface area contributed by atoms with Crippen LogP contribution in [0, 0.1) is 5.41 Å². The molecule has 1 aromatic heterocycles. The third kappa shape index (κ3) is 2.62. The number of nitrogens with zero attached hydrogens (tertiary/aromatic N) is 2. The predicted octanol–water partition coefficient (Wildman–Crippen LogP) is 2.13. The maximum Gasteiger partial charge on any atom is 0.107 e. The smallest absolute Gasteiger partial charge is 0.107 e. The van der Waals surface area contributed by atoms with E-state index in [1.54, 1.807) is 11.3 Å². The highest BCUT2D eigenvalue weighted by molar-refractivity contribution is 7.09. The molecule has 0 aliphatic carbocycles. The van der Waals surface area contributed by atoms with Crippen molar-refractivity contribution in [1.82, 2.24) is 9.88 Å². The molecule has 16 heavy (non-hydrogen) atoms. The molecular weight excluding hydrogens is 220 g/mol. The molecule has 0 bridgehead atoms. The van der Waals surface area contributed by atoms with E-state index in [-0.39, 0.29) is 5.41 Å². The van der Waals surface area contributed by atoms with Crippen LogP contribution in [-0.4, -0.2) is 34.7 Å². The molecule has 0 aromatic carbocycles. The molecule has 0 atom stereocenters. The number of rotatable bonds is 4. The van der Waals surface area contributed by atoms with Gasteiger partial charge in [-0.2, -0.15) is 0 Å². The van der Waals surface area contributed by atoms with Gasteiger partial charge in [-0.05, 0) is 37.8 Å². The van der Waals surface area contributed by atoms with Gasteiger partial charge < -0.3 is 5.11 Å². The van der Waals surface area contributed by atoms with E-state index in [1.807, 2.05) is 11.6 Å². The lowest BCUT2D eigenvalue weighted by molar-refractivity contribution is 0.0382. The molecular formula is C12H20N2OS. The van der Waals surface area contributed by atoms with E-state index in [2.05, 4.69) is 16.8 Å². The summed E-state index contributed by atoms with van der Waals surface area (Å²) < 4.78 is 0. The van der Waals surface area contributed by atoms with Gasteiger partial charge >= 0.3 is 0 Å². The number of hydrogen-bond donors (Lipinski definition) is 1. The minimum Gasteiger partial charge on any atom is -0.396 e. The summed E-state index contributed by atoms with van der Waals surface area (Å²) in [6, 6.07) is 0. The molecule has 1 aliphatic heterocycles. The van der Waals surface area contributed by atoms with E-state index < -0.39 is 0 Å². The molecule has 0 saturated carbocycles. The summed E-state index contributed by atoms with van der Waals surface area (Å²) in [6.07, 6.45) is 5.19. The molecule has 90 valence electrons. The molecule has 1 aromatic rings. The second-order valence-corrected chi connectivity index (χ2v) is 5.69. The lowest BCUT2D eigenvalue weighted by atomic mass is 9.77. The van der Waals surface area contributed by atoms with Crippen LogP contribution in [0.25, 0.3) is 0 Å². The van der Waals surface area contributed by atoms with Crippen molar-refractivity contribution in [2.45, 2.75) is 32.7 Å². The normalized spacial score (nSPS) is 21.1. The van der Waals surface area contributed by atoms with E-state index in [4.69, 9.17) is 0 Å². The zero-order valence-electron chi connectivity index (χ0n) is 9.85. The Morgan fingerprint density at radius 1 is 1.50 bits per heavy atom. The van der Waals surface area contributed by atoms with Crippen LogP contribution in [0.3, 0.4) is 0 Å². The SMILES string of the molecule is CCC1(CO)CCN(Cc2nccs2)CC1. The average molecular weight is 240 g/mol. The molecule has 3 nitrogen and oxygen atoms in total. The molecule has 0 spiro atoms. The van der Waals surface area contributed by atoms with Crippen LogP contribution in [0.15, 0.2) is 11.6 Å². The highest BCUT2D eigenvalue weighted by Crippen LogP contribution is 2.34. The number of hydrogen-bond acceptors (Lipinski definition) is 4. The van der Waals surface area contributed by atoms with E-state index in [1.165, 1.54) is 5.01 Å². The molecule has 1 aliphatic rings. The molecule has 1 N–H and O–H groups in total. The zero-order chi connectivity index (χ0) is 11.4. The van der Waals surface area contributed by atoms with Gasteiger partial charge in [0.05, 0.1) is 6.54 Å². The fourth-order valence-electron chi connectivity index (χ4n) is 2.33.